The van der Waals surface area contributed by atoms with E-state index in [1.807, 2.05) is 24.3 Å². The van der Waals surface area contributed by atoms with Crippen LogP contribution in [0.4, 0.5) is 0 Å². The Kier molecular flexibility index (Phi) is 5.08. The topological polar surface area (TPSA) is 60.3 Å². The first-order chi connectivity index (χ1) is 13.1. The van der Waals surface area contributed by atoms with Crippen LogP contribution in [0.25, 0.3) is 0 Å². The highest BCUT2D eigenvalue weighted by atomic mass is 32.2. The van der Waals surface area contributed by atoms with Gasteiger partial charge in [0.05, 0.1) is 31.1 Å². The Hall–Kier alpha value is -2.09. The fourth-order valence-corrected chi connectivity index (χ4v) is 5.05. The summed E-state index contributed by atoms with van der Waals surface area (Å²) in [6, 6.07) is 13.3. The Morgan fingerprint density at radius 3 is 2.33 bits per heavy atom. The van der Waals surface area contributed by atoms with Crippen molar-refractivity contribution in [2.24, 2.45) is 0 Å². The Bertz CT molecular complexity index is 904. The summed E-state index contributed by atoms with van der Waals surface area (Å²) in [6.07, 6.45) is 0.905. The van der Waals surface area contributed by atoms with Gasteiger partial charge in [-0.2, -0.15) is 4.31 Å². The summed E-state index contributed by atoms with van der Waals surface area (Å²) in [4.78, 5) is 1.76. The fourth-order valence-electron chi connectivity index (χ4n) is 3.61. The highest BCUT2D eigenvalue weighted by Gasteiger charge is 2.30. The number of aryl methyl sites for hydroxylation is 1. The van der Waals surface area contributed by atoms with Gasteiger partial charge in [-0.15, -0.1) is 0 Å². The number of nitrogens with zero attached hydrogens (tertiary/aromatic N) is 1. The molecule has 0 aliphatic carbocycles. The van der Waals surface area contributed by atoms with E-state index in [0.717, 1.165) is 43.1 Å². The Morgan fingerprint density at radius 1 is 0.963 bits per heavy atom. The molecule has 27 heavy (non-hydrogen) atoms. The molecule has 6 nitrogen and oxygen atoms in total. The summed E-state index contributed by atoms with van der Waals surface area (Å²) < 4.78 is 38.1. The van der Waals surface area contributed by atoms with Gasteiger partial charge in [-0.25, -0.2) is 8.42 Å². The van der Waals surface area contributed by atoms with Crippen LogP contribution in [-0.2, 0) is 23.0 Å². The average molecular weight is 389 g/mol. The van der Waals surface area contributed by atoms with Crippen molar-refractivity contribution >= 4 is 10.0 Å². The SMILES string of the molecule is CCc1ccc(S(=O)(=O)N2CC[NH+](Cc3ccc4c(c3)OCO4)CC2)cc1. The molecule has 0 saturated carbocycles. The minimum absolute atomic E-state index is 0.279. The average Bonchev–Trinajstić information content (AvgIpc) is 3.16. The summed E-state index contributed by atoms with van der Waals surface area (Å²) in [6.45, 7) is 5.86. The van der Waals surface area contributed by atoms with E-state index in [1.54, 1.807) is 16.4 Å². The molecule has 144 valence electrons. The number of rotatable bonds is 5. The standard InChI is InChI=1S/C20H24N2O4S/c1-2-16-3-6-18(7-4-16)27(23,24)22-11-9-21(10-12-22)14-17-5-8-19-20(13-17)26-15-25-19/h3-8,13H,2,9-12,14-15H2,1H3/p+1. The fraction of sp³-hybridized carbons (Fsp3) is 0.400. The van der Waals surface area contributed by atoms with Crippen molar-refractivity contribution in [1.29, 1.82) is 0 Å². The highest BCUT2D eigenvalue weighted by Crippen LogP contribution is 2.32. The Balaban J connectivity index is 1.38. The van der Waals surface area contributed by atoms with Gasteiger partial charge in [-0.05, 0) is 42.3 Å². The van der Waals surface area contributed by atoms with Gasteiger partial charge >= 0.3 is 0 Å². The van der Waals surface area contributed by atoms with Crippen molar-refractivity contribution in [3.05, 3.63) is 53.6 Å². The molecule has 0 spiro atoms. The molecule has 0 bridgehead atoms. The van der Waals surface area contributed by atoms with Crippen LogP contribution in [0.3, 0.4) is 0 Å². The minimum Gasteiger partial charge on any atom is -0.454 e. The van der Waals surface area contributed by atoms with E-state index in [2.05, 4.69) is 13.0 Å². The van der Waals surface area contributed by atoms with E-state index in [9.17, 15) is 8.42 Å². The molecule has 7 heteroatoms. The van der Waals surface area contributed by atoms with Crippen molar-refractivity contribution in [3.63, 3.8) is 0 Å². The Labute approximate surface area is 160 Å². The number of fused-ring (bicyclic) bond motifs is 1. The van der Waals surface area contributed by atoms with Crippen molar-refractivity contribution in [2.45, 2.75) is 24.8 Å². The van der Waals surface area contributed by atoms with Gasteiger partial charge < -0.3 is 14.4 Å². The molecule has 2 aliphatic rings. The first kappa shape index (κ1) is 18.3. The van der Waals surface area contributed by atoms with E-state index in [-0.39, 0.29) is 6.79 Å². The quantitative estimate of drug-likeness (QED) is 0.831. The maximum Gasteiger partial charge on any atom is 0.243 e. The molecule has 0 atom stereocenters. The zero-order chi connectivity index (χ0) is 18.9. The summed E-state index contributed by atoms with van der Waals surface area (Å²) in [5, 5.41) is 0. The summed E-state index contributed by atoms with van der Waals surface area (Å²) in [7, 11) is -3.41. The summed E-state index contributed by atoms with van der Waals surface area (Å²) in [5.74, 6) is 1.59. The van der Waals surface area contributed by atoms with Gasteiger partial charge in [0.1, 0.15) is 6.54 Å². The van der Waals surface area contributed by atoms with E-state index < -0.39 is 10.0 Å². The van der Waals surface area contributed by atoms with Crippen LogP contribution >= 0.6 is 0 Å². The maximum absolute atomic E-state index is 12.9. The molecule has 2 aliphatic heterocycles. The highest BCUT2D eigenvalue weighted by molar-refractivity contribution is 7.89. The largest absolute Gasteiger partial charge is 0.454 e. The number of quaternary nitrogens is 1. The number of ether oxygens (including phenoxy) is 2. The molecule has 0 radical (unpaired) electrons. The molecule has 0 amide bonds. The third-order valence-corrected chi connectivity index (χ3v) is 7.20. The monoisotopic (exact) mass is 389 g/mol. The van der Waals surface area contributed by atoms with Crippen LogP contribution in [0.5, 0.6) is 11.5 Å². The molecule has 0 unspecified atom stereocenters. The lowest BCUT2D eigenvalue weighted by Crippen LogP contribution is -3.13. The second-order valence-electron chi connectivity index (χ2n) is 7.02. The normalized spacial score (nSPS) is 18.0. The second kappa shape index (κ2) is 7.50. The van der Waals surface area contributed by atoms with Crippen LogP contribution in [0.2, 0.25) is 0 Å². The summed E-state index contributed by atoms with van der Waals surface area (Å²) >= 11 is 0. The minimum atomic E-state index is -3.41. The number of piperazine rings is 1. The van der Waals surface area contributed by atoms with Crippen molar-refractivity contribution < 1.29 is 22.8 Å². The molecular weight excluding hydrogens is 364 g/mol. The van der Waals surface area contributed by atoms with Crippen LogP contribution < -0.4 is 14.4 Å². The van der Waals surface area contributed by atoms with Gasteiger partial charge in [-0.1, -0.05) is 19.1 Å². The molecule has 2 heterocycles. The smallest absolute Gasteiger partial charge is 0.243 e. The van der Waals surface area contributed by atoms with Gasteiger partial charge in [0.15, 0.2) is 11.5 Å². The van der Waals surface area contributed by atoms with Gasteiger partial charge in [0.2, 0.25) is 16.8 Å². The molecule has 0 aromatic heterocycles. The third kappa shape index (κ3) is 3.81. The second-order valence-corrected chi connectivity index (χ2v) is 8.95. The number of hydrogen-bond donors (Lipinski definition) is 1. The molecule has 1 fully saturated rings. The lowest BCUT2D eigenvalue weighted by molar-refractivity contribution is -0.917. The lowest BCUT2D eigenvalue weighted by Gasteiger charge is -2.31. The molecule has 2 aromatic carbocycles. The van der Waals surface area contributed by atoms with Crippen LogP contribution in [0.15, 0.2) is 47.4 Å². The molecule has 1 saturated heterocycles. The van der Waals surface area contributed by atoms with E-state index in [4.69, 9.17) is 9.47 Å². The lowest BCUT2D eigenvalue weighted by atomic mass is 10.2. The van der Waals surface area contributed by atoms with Crippen molar-refractivity contribution in [3.8, 4) is 11.5 Å². The van der Waals surface area contributed by atoms with Crippen LogP contribution in [0, 0.1) is 0 Å². The van der Waals surface area contributed by atoms with E-state index in [0.29, 0.717) is 18.0 Å². The van der Waals surface area contributed by atoms with Crippen LogP contribution in [-0.4, -0.2) is 45.7 Å². The van der Waals surface area contributed by atoms with Gasteiger partial charge in [-0.3, -0.25) is 0 Å². The predicted molar refractivity (Wildman–Crippen MR) is 102 cm³/mol. The van der Waals surface area contributed by atoms with Crippen molar-refractivity contribution in [1.82, 2.24) is 4.31 Å². The Morgan fingerprint density at radius 2 is 1.63 bits per heavy atom. The molecule has 4 rings (SSSR count). The first-order valence-electron chi connectivity index (χ1n) is 9.37. The number of sulfonamides is 1. The number of benzene rings is 2. The molecule has 1 N–H and O–H groups in total. The zero-order valence-corrected chi connectivity index (χ0v) is 16.3. The predicted octanol–water partition coefficient (Wildman–Crippen LogP) is 1.07. The van der Waals surface area contributed by atoms with Gasteiger partial charge in [0, 0.05) is 5.56 Å². The number of nitrogens with one attached hydrogen (secondary N) is 1. The molecular formula is C20H25N2O4S+. The van der Waals surface area contributed by atoms with Crippen LogP contribution in [0.1, 0.15) is 18.1 Å². The maximum atomic E-state index is 12.9. The first-order valence-corrected chi connectivity index (χ1v) is 10.8. The van der Waals surface area contributed by atoms with Gasteiger partial charge in [0.25, 0.3) is 0 Å². The third-order valence-electron chi connectivity index (χ3n) is 5.29. The zero-order valence-electron chi connectivity index (χ0n) is 15.5. The van der Waals surface area contributed by atoms with E-state index >= 15 is 0 Å². The summed E-state index contributed by atoms with van der Waals surface area (Å²) in [5.41, 5.74) is 2.33. The molecule has 2 aromatic rings. The van der Waals surface area contributed by atoms with Crippen molar-refractivity contribution in [2.75, 3.05) is 33.0 Å². The van der Waals surface area contributed by atoms with E-state index in [1.165, 1.54) is 10.5 Å². The number of hydrogen-bond acceptors (Lipinski definition) is 4.